The van der Waals surface area contributed by atoms with Gasteiger partial charge in [-0.15, -0.1) is 0 Å². The minimum absolute atomic E-state index is 0.0551. The topological polar surface area (TPSA) is 104 Å². The lowest BCUT2D eigenvalue weighted by Gasteiger charge is -2.08. The van der Waals surface area contributed by atoms with Gasteiger partial charge in [0.1, 0.15) is 0 Å². The van der Waals surface area contributed by atoms with E-state index < -0.39 is 15.9 Å². The van der Waals surface area contributed by atoms with Crippen molar-refractivity contribution in [3.63, 3.8) is 0 Å². The molecule has 0 atom stereocenters. The molecule has 0 fully saturated rings. The van der Waals surface area contributed by atoms with Crippen LogP contribution in [0, 0.1) is 0 Å². The Balaban J connectivity index is 1.91. The third kappa shape index (κ3) is 5.38. The Morgan fingerprint density at radius 3 is 2.16 bits per heavy atom. The predicted octanol–water partition coefficient (Wildman–Crippen LogP) is 1.73. The van der Waals surface area contributed by atoms with Gasteiger partial charge in [0, 0.05) is 15.7 Å². The number of carbonyl (C=O) groups is 2. The lowest BCUT2D eigenvalue weighted by molar-refractivity contribution is -0.115. The molecule has 0 aromatic heterocycles. The van der Waals surface area contributed by atoms with Crippen molar-refractivity contribution in [1.82, 2.24) is 10.0 Å². The highest BCUT2D eigenvalue weighted by atomic mass is 79.9. The van der Waals surface area contributed by atoms with Crippen LogP contribution in [0.4, 0.5) is 5.69 Å². The monoisotopic (exact) mass is 425 g/mol. The first-order valence-corrected chi connectivity index (χ1v) is 9.46. The van der Waals surface area contributed by atoms with Crippen LogP contribution < -0.4 is 15.4 Å². The number of hydrogen-bond donors (Lipinski definition) is 3. The largest absolute Gasteiger partial charge is 0.343 e. The van der Waals surface area contributed by atoms with Crippen LogP contribution in [0.5, 0.6) is 0 Å². The van der Waals surface area contributed by atoms with Gasteiger partial charge in [-0.05, 0) is 55.6 Å². The molecule has 0 unspecified atom stereocenters. The van der Waals surface area contributed by atoms with Crippen LogP contribution in [0.3, 0.4) is 0 Å². The van der Waals surface area contributed by atoms with E-state index in [4.69, 9.17) is 0 Å². The summed E-state index contributed by atoms with van der Waals surface area (Å²) in [7, 11) is -2.25. The number of halogens is 1. The highest BCUT2D eigenvalue weighted by Gasteiger charge is 2.13. The molecule has 0 saturated heterocycles. The van der Waals surface area contributed by atoms with Crippen molar-refractivity contribution in [1.29, 1.82) is 0 Å². The summed E-state index contributed by atoms with van der Waals surface area (Å²) >= 11 is 3.30. The Labute approximate surface area is 154 Å². The average molecular weight is 426 g/mol. The second kappa shape index (κ2) is 8.24. The number of benzene rings is 2. The minimum Gasteiger partial charge on any atom is -0.343 e. The van der Waals surface area contributed by atoms with Crippen molar-refractivity contribution in [3.8, 4) is 0 Å². The van der Waals surface area contributed by atoms with Gasteiger partial charge in [0.15, 0.2) is 0 Å². The van der Waals surface area contributed by atoms with Crippen molar-refractivity contribution in [2.45, 2.75) is 4.90 Å². The number of amides is 2. The molecule has 7 nitrogen and oxygen atoms in total. The SMILES string of the molecule is CNS(=O)(=O)c1ccc(C(=O)NCC(=O)Nc2ccc(Br)cc2)cc1. The summed E-state index contributed by atoms with van der Waals surface area (Å²) in [5.74, 6) is -0.843. The number of carbonyl (C=O) groups excluding carboxylic acids is 2. The van der Waals surface area contributed by atoms with E-state index in [2.05, 4.69) is 31.3 Å². The Bertz CT molecular complexity index is 865. The van der Waals surface area contributed by atoms with E-state index in [0.29, 0.717) is 5.69 Å². The van der Waals surface area contributed by atoms with Gasteiger partial charge in [-0.25, -0.2) is 13.1 Å². The smallest absolute Gasteiger partial charge is 0.251 e. The second-order valence-corrected chi connectivity index (χ2v) is 7.77. The lowest BCUT2D eigenvalue weighted by atomic mass is 10.2. The van der Waals surface area contributed by atoms with Gasteiger partial charge in [-0.3, -0.25) is 9.59 Å². The van der Waals surface area contributed by atoms with Crippen molar-refractivity contribution in [2.75, 3.05) is 18.9 Å². The van der Waals surface area contributed by atoms with Crippen LogP contribution in [-0.4, -0.2) is 33.8 Å². The first-order valence-electron chi connectivity index (χ1n) is 7.19. The summed E-state index contributed by atoms with van der Waals surface area (Å²) in [5, 5.41) is 5.13. The molecule has 2 amide bonds. The highest BCUT2D eigenvalue weighted by molar-refractivity contribution is 9.10. The Kier molecular flexibility index (Phi) is 6.29. The van der Waals surface area contributed by atoms with Gasteiger partial charge in [0.25, 0.3) is 5.91 Å². The van der Waals surface area contributed by atoms with Gasteiger partial charge < -0.3 is 10.6 Å². The normalized spacial score (nSPS) is 11.0. The maximum Gasteiger partial charge on any atom is 0.251 e. The molecule has 132 valence electrons. The molecule has 0 aliphatic rings. The molecule has 0 bridgehead atoms. The van der Waals surface area contributed by atoms with Crippen LogP contribution in [-0.2, 0) is 14.8 Å². The molecule has 0 spiro atoms. The minimum atomic E-state index is -3.55. The van der Waals surface area contributed by atoms with Gasteiger partial charge in [0.2, 0.25) is 15.9 Å². The molecule has 2 rings (SSSR count). The molecule has 0 aliphatic carbocycles. The summed E-state index contributed by atoms with van der Waals surface area (Å²) < 4.78 is 26.3. The maximum absolute atomic E-state index is 12.0. The summed E-state index contributed by atoms with van der Waals surface area (Å²) in [6.45, 7) is -0.203. The van der Waals surface area contributed by atoms with Crippen LogP contribution in [0.2, 0.25) is 0 Å². The average Bonchev–Trinajstić information content (AvgIpc) is 2.61. The summed E-state index contributed by atoms with van der Waals surface area (Å²) in [6, 6.07) is 12.4. The quantitative estimate of drug-likeness (QED) is 0.655. The van der Waals surface area contributed by atoms with E-state index in [1.807, 2.05) is 0 Å². The summed E-state index contributed by atoms with van der Waals surface area (Å²) in [5.41, 5.74) is 0.871. The van der Waals surface area contributed by atoms with Crippen molar-refractivity contribution in [2.24, 2.45) is 0 Å². The van der Waals surface area contributed by atoms with Gasteiger partial charge in [0.05, 0.1) is 11.4 Å². The number of sulfonamides is 1. The number of hydrogen-bond acceptors (Lipinski definition) is 4. The third-order valence-electron chi connectivity index (χ3n) is 3.23. The standard InChI is InChI=1S/C16H16BrN3O4S/c1-18-25(23,24)14-8-2-11(3-9-14)16(22)19-10-15(21)20-13-6-4-12(17)5-7-13/h2-9,18H,10H2,1H3,(H,19,22)(H,20,21). The van der Waals surface area contributed by atoms with E-state index in [1.165, 1.54) is 31.3 Å². The lowest BCUT2D eigenvalue weighted by Crippen LogP contribution is -2.32. The zero-order valence-electron chi connectivity index (χ0n) is 13.2. The molecule has 0 aliphatic heterocycles. The predicted molar refractivity (Wildman–Crippen MR) is 97.8 cm³/mol. The van der Waals surface area contributed by atoms with Crippen molar-refractivity contribution < 1.29 is 18.0 Å². The molecular formula is C16H16BrN3O4S. The molecule has 0 heterocycles. The number of rotatable bonds is 6. The van der Waals surface area contributed by atoms with Gasteiger partial charge in [-0.2, -0.15) is 0 Å². The third-order valence-corrected chi connectivity index (χ3v) is 5.19. The fourth-order valence-corrected chi connectivity index (χ4v) is 2.90. The molecule has 3 N–H and O–H groups in total. The van der Waals surface area contributed by atoms with E-state index in [1.54, 1.807) is 24.3 Å². The van der Waals surface area contributed by atoms with E-state index in [0.717, 1.165) is 4.47 Å². The molecule has 0 radical (unpaired) electrons. The molecule has 9 heteroatoms. The van der Waals surface area contributed by atoms with Gasteiger partial charge in [-0.1, -0.05) is 15.9 Å². The van der Waals surface area contributed by atoms with Gasteiger partial charge >= 0.3 is 0 Å². The zero-order chi connectivity index (χ0) is 18.4. The fraction of sp³-hybridized carbons (Fsp3) is 0.125. The summed E-state index contributed by atoms with van der Waals surface area (Å²) in [4.78, 5) is 23.9. The first-order chi connectivity index (χ1) is 11.8. The number of nitrogens with one attached hydrogen (secondary N) is 3. The number of anilines is 1. The van der Waals surface area contributed by atoms with Crippen LogP contribution in [0.1, 0.15) is 10.4 Å². The molecule has 0 saturated carbocycles. The molecular weight excluding hydrogens is 410 g/mol. The van der Waals surface area contributed by atoms with E-state index in [9.17, 15) is 18.0 Å². The Morgan fingerprint density at radius 2 is 1.60 bits per heavy atom. The second-order valence-electron chi connectivity index (χ2n) is 4.97. The molecule has 2 aromatic rings. The van der Waals surface area contributed by atoms with E-state index >= 15 is 0 Å². The van der Waals surface area contributed by atoms with Crippen LogP contribution in [0.15, 0.2) is 57.9 Å². The Hall–Kier alpha value is -2.23. The fourth-order valence-electron chi connectivity index (χ4n) is 1.90. The Morgan fingerprint density at radius 1 is 1.00 bits per heavy atom. The summed E-state index contributed by atoms with van der Waals surface area (Å²) in [6.07, 6.45) is 0. The van der Waals surface area contributed by atoms with Crippen LogP contribution in [0.25, 0.3) is 0 Å². The van der Waals surface area contributed by atoms with E-state index in [-0.39, 0.29) is 22.9 Å². The maximum atomic E-state index is 12.0. The first kappa shape index (κ1) is 19.1. The molecule has 2 aromatic carbocycles. The van der Waals surface area contributed by atoms with Crippen molar-refractivity contribution in [3.05, 3.63) is 58.6 Å². The zero-order valence-corrected chi connectivity index (χ0v) is 15.6. The van der Waals surface area contributed by atoms with Crippen LogP contribution >= 0.6 is 15.9 Å². The molecule has 25 heavy (non-hydrogen) atoms. The highest BCUT2D eigenvalue weighted by Crippen LogP contribution is 2.14. The van der Waals surface area contributed by atoms with Crippen molar-refractivity contribution >= 4 is 43.5 Å².